The van der Waals surface area contributed by atoms with E-state index >= 15 is 0 Å². The Balaban J connectivity index is 1.59. The standard InChI is InChI=1S/C15H24N2O/c18-15-6-3-5-14-11-8-12(10-17(14)15)13-4-1-2-7-16(13)9-11/h11-14H,1-10H2/p+1/t11-,12-,13-,14-/m1/s1. The van der Waals surface area contributed by atoms with Gasteiger partial charge < -0.3 is 9.80 Å². The van der Waals surface area contributed by atoms with Crippen molar-refractivity contribution >= 4 is 5.91 Å². The van der Waals surface area contributed by atoms with Gasteiger partial charge >= 0.3 is 0 Å². The molecule has 4 heterocycles. The predicted octanol–water partition coefficient (Wildman–Crippen LogP) is 0.455. The van der Waals surface area contributed by atoms with E-state index in [0.717, 1.165) is 37.3 Å². The van der Waals surface area contributed by atoms with Gasteiger partial charge in [0.05, 0.1) is 19.1 Å². The highest BCUT2D eigenvalue weighted by molar-refractivity contribution is 5.77. The van der Waals surface area contributed by atoms with Crippen LogP contribution in [0.3, 0.4) is 0 Å². The molecule has 0 aliphatic carbocycles. The monoisotopic (exact) mass is 249 g/mol. The Morgan fingerprint density at radius 1 is 1.11 bits per heavy atom. The fraction of sp³-hybridized carbons (Fsp3) is 0.933. The summed E-state index contributed by atoms with van der Waals surface area (Å²) in [5.74, 6) is 2.09. The molecule has 4 fully saturated rings. The minimum Gasteiger partial charge on any atom is -0.339 e. The van der Waals surface area contributed by atoms with Gasteiger partial charge in [0.1, 0.15) is 0 Å². The summed E-state index contributed by atoms with van der Waals surface area (Å²) in [7, 11) is 0. The van der Waals surface area contributed by atoms with Gasteiger partial charge in [-0.3, -0.25) is 4.79 Å². The second kappa shape index (κ2) is 4.22. The van der Waals surface area contributed by atoms with E-state index in [1.807, 2.05) is 4.90 Å². The highest BCUT2D eigenvalue weighted by Crippen LogP contribution is 2.37. The Morgan fingerprint density at radius 2 is 2.06 bits per heavy atom. The number of carbonyl (C=O) groups excluding carboxylic acids is 1. The molecule has 2 bridgehead atoms. The molecule has 18 heavy (non-hydrogen) atoms. The molecule has 0 aromatic rings. The average molecular weight is 249 g/mol. The van der Waals surface area contributed by atoms with Crippen molar-refractivity contribution in [2.24, 2.45) is 11.8 Å². The van der Waals surface area contributed by atoms with Crippen molar-refractivity contribution in [2.45, 2.75) is 57.0 Å². The van der Waals surface area contributed by atoms with Gasteiger partial charge in [-0.05, 0) is 38.5 Å². The molecule has 1 N–H and O–H groups in total. The molecule has 5 atom stereocenters. The fourth-order valence-corrected chi connectivity index (χ4v) is 5.32. The SMILES string of the molecule is O=C1CCC[C@@H]2[C@@H]3C[C@H](CN12)[C@H]1CCCC[NH+]1C3. The molecule has 4 aliphatic heterocycles. The van der Waals surface area contributed by atoms with Crippen molar-refractivity contribution in [1.29, 1.82) is 0 Å². The molecular weight excluding hydrogens is 224 g/mol. The zero-order valence-corrected chi connectivity index (χ0v) is 11.2. The van der Waals surface area contributed by atoms with E-state index in [2.05, 4.69) is 4.90 Å². The quantitative estimate of drug-likeness (QED) is 0.662. The Labute approximate surface area is 110 Å². The lowest BCUT2D eigenvalue weighted by Crippen LogP contribution is -3.19. The number of piperidine rings is 4. The zero-order valence-electron chi connectivity index (χ0n) is 11.2. The van der Waals surface area contributed by atoms with Crippen molar-refractivity contribution in [3.8, 4) is 0 Å². The van der Waals surface area contributed by atoms with Crippen LogP contribution in [0, 0.1) is 11.8 Å². The molecule has 4 rings (SSSR count). The molecular formula is C15H25N2O+. The van der Waals surface area contributed by atoms with E-state index < -0.39 is 0 Å². The van der Waals surface area contributed by atoms with Crippen LogP contribution < -0.4 is 4.90 Å². The van der Waals surface area contributed by atoms with Crippen molar-refractivity contribution in [3.05, 3.63) is 0 Å². The molecule has 0 saturated carbocycles. The van der Waals surface area contributed by atoms with E-state index in [-0.39, 0.29) is 0 Å². The molecule has 0 radical (unpaired) electrons. The van der Waals surface area contributed by atoms with Gasteiger partial charge in [-0.15, -0.1) is 0 Å². The van der Waals surface area contributed by atoms with Gasteiger partial charge in [0, 0.05) is 30.8 Å². The van der Waals surface area contributed by atoms with E-state index in [1.54, 1.807) is 0 Å². The van der Waals surface area contributed by atoms with Crippen LogP contribution in [0.15, 0.2) is 0 Å². The fourth-order valence-electron chi connectivity index (χ4n) is 5.32. The number of rotatable bonds is 0. The molecule has 4 aliphatic rings. The first-order valence-corrected chi connectivity index (χ1v) is 7.97. The highest BCUT2D eigenvalue weighted by Gasteiger charge is 2.50. The number of nitrogens with one attached hydrogen (secondary N) is 1. The van der Waals surface area contributed by atoms with Gasteiger partial charge in [0.15, 0.2) is 0 Å². The number of hydrogen-bond acceptors (Lipinski definition) is 1. The molecule has 3 heteroatoms. The predicted molar refractivity (Wildman–Crippen MR) is 69.3 cm³/mol. The second-order valence-electron chi connectivity index (χ2n) is 6.98. The van der Waals surface area contributed by atoms with Crippen LogP contribution in [0.2, 0.25) is 0 Å². The van der Waals surface area contributed by atoms with Crippen molar-refractivity contribution < 1.29 is 9.69 Å². The maximum Gasteiger partial charge on any atom is 0.222 e. The highest BCUT2D eigenvalue weighted by atomic mass is 16.2. The number of nitrogens with zero attached hydrogens (tertiary/aromatic N) is 1. The van der Waals surface area contributed by atoms with Crippen LogP contribution in [0.5, 0.6) is 0 Å². The Morgan fingerprint density at radius 3 is 3.00 bits per heavy atom. The number of quaternary nitrogens is 1. The van der Waals surface area contributed by atoms with Crippen LogP contribution in [-0.2, 0) is 4.79 Å². The van der Waals surface area contributed by atoms with Gasteiger partial charge in [0.25, 0.3) is 0 Å². The number of hydrogen-bond donors (Lipinski definition) is 1. The summed E-state index contributed by atoms with van der Waals surface area (Å²) in [6, 6.07) is 1.49. The van der Waals surface area contributed by atoms with Crippen LogP contribution in [0.4, 0.5) is 0 Å². The van der Waals surface area contributed by atoms with Crippen LogP contribution in [0.25, 0.3) is 0 Å². The number of amides is 1. The van der Waals surface area contributed by atoms with E-state index in [9.17, 15) is 4.79 Å². The zero-order chi connectivity index (χ0) is 12.1. The Bertz CT molecular complexity index is 356. The van der Waals surface area contributed by atoms with E-state index in [4.69, 9.17) is 0 Å². The maximum atomic E-state index is 12.1. The minimum absolute atomic E-state index is 0.459. The van der Waals surface area contributed by atoms with Crippen LogP contribution in [0.1, 0.15) is 44.9 Å². The van der Waals surface area contributed by atoms with E-state index in [0.29, 0.717) is 11.9 Å². The lowest BCUT2D eigenvalue weighted by atomic mass is 9.71. The van der Waals surface area contributed by atoms with Crippen molar-refractivity contribution in [1.82, 2.24) is 4.90 Å². The molecule has 1 unspecified atom stereocenters. The summed E-state index contributed by atoms with van der Waals surface area (Å²) in [5.41, 5.74) is 0. The van der Waals surface area contributed by atoms with E-state index in [1.165, 1.54) is 45.2 Å². The largest absolute Gasteiger partial charge is 0.339 e. The first-order chi connectivity index (χ1) is 8.83. The average Bonchev–Trinajstić information content (AvgIpc) is 2.40. The summed E-state index contributed by atoms with van der Waals surface area (Å²) < 4.78 is 0. The lowest BCUT2D eigenvalue weighted by Gasteiger charge is -2.54. The van der Waals surface area contributed by atoms with Crippen molar-refractivity contribution in [3.63, 3.8) is 0 Å². The Kier molecular flexibility index (Phi) is 2.65. The summed E-state index contributed by atoms with van der Waals surface area (Å²) in [5, 5.41) is 0. The number of fused-ring (bicyclic) bond motifs is 6. The van der Waals surface area contributed by atoms with Gasteiger partial charge in [-0.25, -0.2) is 0 Å². The summed E-state index contributed by atoms with van der Waals surface area (Å²) in [6.45, 7) is 3.85. The third-order valence-corrected chi connectivity index (χ3v) is 6.07. The second-order valence-corrected chi connectivity index (χ2v) is 6.98. The molecule has 1 amide bonds. The molecule has 0 spiro atoms. The first kappa shape index (κ1) is 11.3. The molecule has 3 nitrogen and oxygen atoms in total. The molecule has 0 aromatic heterocycles. The third kappa shape index (κ3) is 1.63. The number of carbonyl (C=O) groups is 1. The van der Waals surface area contributed by atoms with Crippen LogP contribution >= 0.6 is 0 Å². The topological polar surface area (TPSA) is 24.8 Å². The van der Waals surface area contributed by atoms with Crippen LogP contribution in [-0.4, -0.2) is 42.5 Å². The maximum absolute atomic E-state index is 12.1. The molecule has 4 saturated heterocycles. The first-order valence-electron chi connectivity index (χ1n) is 7.97. The summed E-state index contributed by atoms with van der Waals surface area (Å²) in [4.78, 5) is 16.3. The summed E-state index contributed by atoms with van der Waals surface area (Å²) >= 11 is 0. The van der Waals surface area contributed by atoms with Gasteiger partial charge in [-0.1, -0.05) is 0 Å². The molecule has 100 valence electrons. The lowest BCUT2D eigenvalue weighted by molar-refractivity contribution is -0.945. The third-order valence-electron chi connectivity index (χ3n) is 6.07. The normalized spacial score (nSPS) is 47.4. The smallest absolute Gasteiger partial charge is 0.222 e. The van der Waals surface area contributed by atoms with Crippen molar-refractivity contribution in [2.75, 3.05) is 19.6 Å². The molecule has 0 aromatic carbocycles. The minimum atomic E-state index is 0.459. The van der Waals surface area contributed by atoms with Gasteiger partial charge in [0.2, 0.25) is 5.91 Å². The summed E-state index contributed by atoms with van der Waals surface area (Å²) in [6.07, 6.45) is 8.92. The Hall–Kier alpha value is -0.570. The van der Waals surface area contributed by atoms with Gasteiger partial charge in [-0.2, -0.15) is 0 Å².